The quantitative estimate of drug-likeness (QED) is 0.229. The van der Waals surface area contributed by atoms with Crippen molar-refractivity contribution in [3.63, 3.8) is 0 Å². The van der Waals surface area contributed by atoms with E-state index in [9.17, 15) is 22.4 Å². The van der Waals surface area contributed by atoms with E-state index in [1.807, 2.05) is 4.90 Å². The Kier molecular flexibility index (Phi) is 8.61. The molecule has 2 saturated heterocycles. The molecule has 0 spiro atoms. The zero-order chi connectivity index (χ0) is 31.8. The lowest BCUT2D eigenvalue weighted by Gasteiger charge is -2.41. The van der Waals surface area contributed by atoms with Crippen molar-refractivity contribution < 1.29 is 27.1 Å². The third kappa shape index (κ3) is 6.57. The predicted molar refractivity (Wildman–Crippen MR) is 160 cm³/mol. The molecule has 0 bridgehead atoms. The fourth-order valence-electron chi connectivity index (χ4n) is 6.85. The molecule has 0 N–H and O–H groups in total. The van der Waals surface area contributed by atoms with E-state index in [1.165, 1.54) is 36.0 Å². The van der Waals surface area contributed by atoms with E-state index in [1.54, 1.807) is 4.90 Å². The van der Waals surface area contributed by atoms with Gasteiger partial charge >= 0.3 is 12.2 Å². The maximum atomic E-state index is 14.5. The largest absolute Gasteiger partial charge is 0.463 e. The second-order valence-electron chi connectivity index (χ2n) is 12.5. The standard InChI is InChI=1S/C32H37F4N7O2/c1-3-27(44)43-16-15-42(18-22(43)17-37-2)29-23-9-14-41(26-8-6-7-24(33)28(26)32(34,35)36)19-25(23)38-30(39-29)45-21-31(10-11-31)20-40-12-4-5-13-40/h3,6-8,22H,1,4-5,9-21H2. The van der Waals surface area contributed by atoms with E-state index in [0.29, 0.717) is 44.2 Å². The van der Waals surface area contributed by atoms with Crippen LogP contribution in [0.15, 0.2) is 30.9 Å². The third-order valence-corrected chi connectivity index (χ3v) is 9.40. The summed E-state index contributed by atoms with van der Waals surface area (Å²) in [4.78, 5) is 33.3. The molecule has 1 saturated carbocycles. The van der Waals surface area contributed by atoms with Crippen LogP contribution in [0.5, 0.6) is 6.01 Å². The highest BCUT2D eigenvalue weighted by Crippen LogP contribution is 2.47. The van der Waals surface area contributed by atoms with Crippen LogP contribution in [0.3, 0.4) is 0 Å². The molecule has 1 aromatic carbocycles. The van der Waals surface area contributed by atoms with E-state index < -0.39 is 17.6 Å². The maximum Gasteiger partial charge on any atom is 0.421 e. The number of hydrogen-bond acceptors (Lipinski definition) is 7. The predicted octanol–water partition coefficient (Wildman–Crippen LogP) is 4.57. The number of amides is 1. The van der Waals surface area contributed by atoms with Gasteiger partial charge in [-0.25, -0.2) is 11.0 Å². The van der Waals surface area contributed by atoms with Crippen LogP contribution in [0.1, 0.15) is 42.5 Å². The van der Waals surface area contributed by atoms with Gasteiger partial charge in [0.05, 0.1) is 24.5 Å². The molecule has 3 aliphatic heterocycles. The molecule has 6 rings (SSSR count). The van der Waals surface area contributed by atoms with Gasteiger partial charge in [-0.1, -0.05) is 12.6 Å². The molecule has 0 radical (unpaired) electrons. The van der Waals surface area contributed by atoms with Gasteiger partial charge in [0, 0.05) is 43.7 Å². The smallest absolute Gasteiger partial charge is 0.421 e. The number of aromatic nitrogens is 2. The second-order valence-corrected chi connectivity index (χ2v) is 12.5. The number of halogens is 4. The SMILES string of the molecule is [C-]#[N+]CC1CN(c2nc(OCC3(CN4CCCC4)CC3)nc3c2CCN(c2cccc(F)c2C(F)(F)F)C3)CCN1C(=O)C=C. The Balaban J connectivity index is 1.31. The summed E-state index contributed by atoms with van der Waals surface area (Å²) in [7, 11) is 0. The normalized spacial score (nSPS) is 21.3. The zero-order valence-corrected chi connectivity index (χ0v) is 25.2. The zero-order valence-electron chi connectivity index (χ0n) is 25.2. The Morgan fingerprint density at radius 2 is 1.91 bits per heavy atom. The van der Waals surface area contributed by atoms with Gasteiger partial charge in [0.15, 0.2) is 0 Å². The maximum absolute atomic E-state index is 14.5. The summed E-state index contributed by atoms with van der Waals surface area (Å²) in [5.41, 5.74) is -0.175. The van der Waals surface area contributed by atoms with E-state index in [-0.39, 0.29) is 48.7 Å². The number of benzene rings is 1. The molecular weight excluding hydrogens is 590 g/mol. The van der Waals surface area contributed by atoms with Crippen LogP contribution in [-0.4, -0.2) is 90.7 Å². The Morgan fingerprint density at radius 3 is 2.60 bits per heavy atom. The Hall–Kier alpha value is -3.92. The van der Waals surface area contributed by atoms with Crippen molar-refractivity contribution in [2.45, 2.75) is 50.9 Å². The minimum atomic E-state index is -4.86. The Bertz CT molecular complexity index is 1480. The van der Waals surface area contributed by atoms with Gasteiger partial charge < -0.3 is 29.2 Å². The molecule has 3 fully saturated rings. The van der Waals surface area contributed by atoms with Crippen LogP contribution < -0.4 is 14.5 Å². The van der Waals surface area contributed by atoms with E-state index in [0.717, 1.165) is 44.1 Å². The number of hydrogen-bond donors (Lipinski definition) is 0. The first-order chi connectivity index (χ1) is 21.6. The monoisotopic (exact) mass is 627 g/mol. The number of alkyl halides is 3. The van der Waals surface area contributed by atoms with Crippen molar-refractivity contribution in [3.8, 4) is 6.01 Å². The Morgan fingerprint density at radius 1 is 1.13 bits per heavy atom. The molecule has 4 aliphatic rings. The Labute approximate surface area is 260 Å². The summed E-state index contributed by atoms with van der Waals surface area (Å²) in [6, 6.07) is 3.17. The molecule has 1 unspecified atom stereocenters. The van der Waals surface area contributed by atoms with Crippen molar-refractivity contribution in [2.24, 2.45) is 5.41 Å². The lowest BCUT2D eigenvalue weighted by Crippen LogP contribution is -2.56. The van der Waals surface area contributed by atoms with Crippen LogP contribution in [0.25, 0.3) is 4.85 Å². The number of piperazine rings is 1. The van der Waals surface area contributed by atoms with Crippen LogP contribution in [-0.2, 0) is 23.9 Å². The van der Waals surface area contributed by atoms with Crippen LogP contribution >= 0.6 is 0 Å². The molecule has 4 heterocycles. The summed E-state index contributed by atoms with van der Waals surface area (Å²) in [6.07, 6.45) is 1.21. The summed E-state index contributed by atoms with van der Waals surface area (Å²) in [5, 5.41) is 0. The summed E-state index contributed by atoms with van der Waals surface area (Å²) >= 11 is 0. The number of carbonyl (C=O) groups is 1. The number of ether oxygens (including phenoxy) is 1. The fourth-order valence-corrected chi connectivity index (χ4v) is 6.85. The van der Waals surface area contributed by atoms with Crippen molar-refractivity contribution in [1.29, 1.82) is 0 Å². The number of likely N-dealkylation sites (tertiary alicyclic amines) is 1. The lowest BCUT2D eigenvalue weighted by atomic mass is 10.0. The molecule has 1 aromatic heterocycles. The molecule has 45 heavy (non-hydrogen) atoms. The van der Waals surface area contributed by atoms with Gasteiger partial charge in [0.2, 0.25) is 12.5 Å². The molecule has 1 amide bonds. The van der Waals surface area contributed by atoms with Gasteiger partial charge in [0.25, 0.3) is 0 Å². The first kappa shape index (κ1) is 31.1. The van der Waals surface area contributed by atoms with E-state index >= 15 is 0 Å². The number of nitrogens with zero attached hydrogens (tertiary/aromatic N) is 7. The molecule has 13 heteroatoms. The molecule has 2 aromatic rings. The number of anilines is 2. The molecule has 240 valence electrons. The van der Waals surface area contributed by atoms with Gasteiger partial charge in [-0.3, -0.25) is 4.79 Å². The number of fused-ring (bicyclic) bond motifs is 1. The number of rotatable bonds is 9. The van der Waals surface area contributed by atoms with Crippen molar-refractivity contribution in [1.82, 2.24) is 19.8 Å². The highest BCUT2D eigenvalue weighted by atomic mass is 19.4. The summed E-state index contributed by atoms with van der Waals surface area (Å²) in [5.74, 6) is -0.949. The molecule has 1 atom stereocenters. The minimum absolute atomic E-state index is 0.0209. The highest BCUT2D eigenvalue weighted by Gasteiger charge is 2.46. The number of carbonyl (C=O) groups excluding carboxylic acids is 1. The minimum Gasteiger partial charge on any atom is -0.463 e. The molecule has 9 nitrogen and oxygen atoms in total. The second kappa shape index (κ2) is 12.5. The highest BCUT2D eigenvalue weighted by molar-refractivity contribution is 5.87. The van der Waals surface area contributed by atoms with Crippen LogP contribution in [0, 0.1) is 17.8 Å². The van der Waals surface area contributed by atoms with Crippen LogP contribution in [0.4, 0.5) is 29.1 Å². The summed E-state index contributed by atoms with van der Waals surface area (Å²) in [6.45, 7) is 16.1. The lowest BCUT2D eigenvalue weighted by molar-refractivity contribution is -0.139. The first-order valence-corrected chi connectivity index (χ1v) is 15.5. The van der Waals surface area contributed by atoms with Gasteiger partial charge in [-0.05, 0) is 63.4 Å². The van der Waals surface area contributed by atoms with Gasteiger partial charge in [-0.2, -0.15) is 23.1 Å². The fraction of sp³-hybridized carbons (Fsp3) is 0.562. The van der Waals surface area contributed by atoms with E-state index in [4.69, 9.17) is 21.3 Å². The van der Waals surface area contributed by atoms with Crippen molar-refractivity contribution in [3.05, 3.63) is 64.9 Å². The van der Waals surface area contributed by atoms with Gasteiger partial charge in [0.1, 0.15) is 23.2 Å². The molecular formula is C32H37F4N7O2. The summed E-state index contributed by atoms with van der Waals surface area (Å²) < 4.78 is 62.6. The average molecular weight is 628 g/mol. The van der Waals surface area contributed by atoms with Gasteiger partial charge in [-0.15, -0.1) is 0 Å². The van der Waals surface area contributed by atoms with Crippen molar-refractivity contribution >= 4 is 17.4 Å². The average Bonchev–Trinajstić information content (AvgIpc) is 3.59. The topological polar surface area (TPSA) is 69.4 Å². The van der Waals surface area contributed by atoms with Crippen LogP contribution in [0.2, 0.25) is 0 Å². The van der Waals surface area contributed by atoms with Crippen molar-refractivity contribution in [2.75, 3.05) is 68.8 Å². The third-order valence-electron chi connectivity index (χ3n) is 9.40. The first-order valence-electron chi connectivity index (χ1n) is 15.5. The molecule has 1 aliphatic carbocycles. The van der Waals surface area contributed by atoms with E-state index in [2.05, 4.69) is 16.3 Å².